The molecule has 1 aromatic heterocycles. The fourth-order valence-electron chi connectivity index (χ4n) is 2.77. The molecule has 1 heterocycles. The second-order valence-corrected chi connectivity index (χ2v) is 5.35. The molecule has 1 saturated carbocycles. The highest BCUT2D eigenvalue weighted by atomic mass is 15.3. The van der Waals surface area contributed by atoms with E-state index in [2.05, 4.69) is 42.0 Å². The summed E-state index contributed by atoms with van der Waals surface area (Å²) in [5, 5.41) is 4.67. The van der Waals surface area contributed by atoms with Crippen molar-refractivity contribution in [2.75, 3.05) is 0 Å². The Hall–Kier alpha value is -1.09. The molecule has 0 saturated heterocycles. The zero-order valence-corrected chi connectivity index (χ0v) is 11.6. The van der Waals surface area contributed by atoms with Crippen LogP contribution >= 0.6 is 0 Å². The molecule has 0 amide bonds. The number of nitrogens with zero attached hydrogens (tertiary/aromatic N) is 2. The predicted molar refractivity (Wildman–Crippen MR) is 76.3 cm³/mol. The van der Waals surface area contributed by atoms with Crippen LogP contribution in [0.5, 0.6) is 0 Å². The summed E-state index contributed by atoms with van der Waals surface area (Å²) in [6.45, 7) is 4.43. The third-order valence-electron chi connectivity index (χ3n) is 3.89. The Morgan fingerprint density at radius 3 is 2.94 bits per heavy atom. The SMILES string of the molecule is CCC(CC)n1ccc(C=C2CCCC(N)C2)n1. The molecular formula is C15H25N3. The van der Waals surface area contributed by atoms with Crippen LogP contribution in [-0.2, 0) is 0 Å². The molecule has 1 fully saturated rings. The van der Waals surface area contributed by atoms with Crippen molar-refractivity contribution in [3.05, 3.63) is 23.5 Å². The normalized spacial score (nSPS) is 22.9. The summed E-state index contributed by atoms with van der Waals surface area (Å²) in [6, 6.07) is 3.00. The number of nitrogens with two attached hydrogens (primary N) is 1. The molecule has 0 spiro atoms. The van der Waals surface area contributed by atoms with E-state index in [0.717, 1.165) is 25.0 Å². The molecule has 2 rings (SSSR count). The fraction of sp³-hybridized carbons (Fsp3) is 0.667. The first-order valence-electron chi connectivity index (χ1n) is 7.23. The zero-order chi connectivity index (χ0) is 13.0. The van der Waals surface area contributed by atoms with Gasteiger partial charge in [-0.1, -0.05) is 19.4 Å². The number of aromatic nitrogens is 2. The van der Waals surface area contributed by atoms with Crippen LogP contribution in [-0.4, -0.2) is 15.8 Å². The van der Waals surface area contributed by atoms with Crippen molar-refractivity contribution in [3.63, 3.8) is 0 Å². The summed E-state index contributed by atoms with van der Waals surface area (Å²) in [6.07, 6.45) is 11.2. The molecule has 0 bridgehead atoms. The lowest BCUT2D eigenvalue weighted by Gasteiger charge is -2.20. The van der Waals surface area contributed by atoms with Crippen LogP contribution in [0.25, 0.3) is 6.08 Å². The van der Waals surface area contributed by atoms with Crippen molar-refractivity contribution >= 4 is 6.08 Å². The standard InChI is InChI=1S/C15H25N3/c1-3-15(4-2)18-9-8-14(17-18)11-12-6-5-7-13(16)10-12/h8-9,11,13,15H,3-7,10,16H2,1-2H3. The van der Waals surface area contributed by atoms with Crippen LogP contribution in [0, 0.1) is 0 Å². The monoisotopic (exact) mass is 247 g/mol. The van der Waals surface area contributed by atoms with Gasteiger partial charge in [0.25, 0.3) is 0 Å². The summed E-state index contributed by atoms with van der Waals surface area (Å²) in [7, 11) is 0. The summed E-state index contributed by atoms with van der Waals surface area (Å²) in [4.78, 5) is 0. The van der Waals surface area contributed by atoms with E-state index in [1.54, 1.807) is 0 Å². The molecule has 3 heteroatoms. The van der Waals surface area contributed by atoms with Crippen molar-refractivity contribution in [2.24, 2.45) is 5.73 Å². The van der Waals surface area contributed by atoms with Gasteiger partial charge in [-0.2, -0.15) is 5.10 Å². The molecular weight excluding hydrogens is 222 g/mol. The Balaban J connectivity index is 2.07. The Morgan fingerprint density at radius 2 is 2.28 bits per heavy atom. The third kappa shape index (κ3) is 3.22. The maximum Gasteiger partial charge on any atom is 0.0850 e. The molecule has 1 aliphatic carbocycles. The van der Waals surface area contributed by atoms with Gasteiger partial charge in [0, 0.05) is 12.2 Å². The Morgan fingerprint density at radius 1 is 1.50 bits per heavy atom. The van der Waals surface area contributed by atoms with Crippen molar-refractivity contribution < 1.29 is 0 Å². The van der Waals surface area contributed by atoms with Crippen molar-refractivity contribution in [1.29, 1.82) is 0 Å². The summed E-state index contributed by atoms with van der Waals surface area (Å²) < 4.78 is 2.11. The highest BCUT2D eigenvalue weighted by Crippen LogP contribution is 2.24. The maximum absolute atomic E-state index is 6.01. The molecule has 1 unspecified atom stereocenters. The smallest absolute Gasteiger partial charge is 0.0850 e. The van der Waals surface area contributed by atoms with Crippen LogP contribution in [0.1, 0.15) is 64.1 Å². The van der Waals surface area contributed by atoms with Gasteiger partial charge in [-0.3, -0.25) is 4.68 Å². The van der Waals surface area contributed by atoms with E-state index >= 15 is 0 Å². The second kappa shape index (κ2) is 6.19. The lowest BCUT2D eigenvalue weighted by Crippen LogP contribution is -2.23. The number of hydrogen-bond donors (Lipinski definition) is 1. The van der Waals surface area contributed by atoms with Gasteiger partial charge in [0.05, 0.1) is 11.7 Å². The van der Waals surface area contributed by atoms with E-state index in [-0.39, 0.29) is 0 Å². The van der Waals surface area contributed by atoms with E-state index < -0.39 is 0 Å². The van der Waals surface area contributed by atoms with Crippen molar-refractivity contribution in [1.82, 2.24) is 9.78 Å². The largest absolute Gasteiger partial charge is 0.327 e. The molecule has 3 nitrogen and oxygen atoms in total. The minimum Gasteiger partial charge on any atom is -0.327 e. The highest BCUT2D eigenvalue weighted by molar-refractivity contribution is 5.48. The maximum atomic E-state index is 6.01. The average molecular weight is 247 g/mol. The van der Waals surface area contributed by atoms with Gasteiger partial charge in [-0.05, 0) is 50.7 Å². The van der Waals surface area contributed by atoms with E-state index in [1.807, 2.05) is 0 Å². The van der Waals surface area contributed by atoms with E-state index in [4.69, 9.17) is 5.73 Å². The Kier molecular flexibility index (Phi) is 4.59. The van der Waals surface area contributed by atoms with E-state index in [9.17, 15) is 0 Å². The van der Waals surface area contributed by atoms with Gasteiger partial charge in [-0.25, -0.2) is 0 Å². The van der Waals surface area contributed by atoms with E-state index in [0.29, 0.717) is 12.1 Å². The van der Waals surface area contributed by atoms with Crippen molar-refractivity contribution in [2.45, 2.75) is 64.5 Å². The molecule has 1 atom stereocenters. The summed E-state index contributed by atoms with van der Waals surface area (Å²) in [5.74, 6) is 0. The molecule has 1 aliphatic rings. The van der Waals surface area contributed by atoms with Gasteiger partial charge >= 0.3 is 0 Å². The van der Waals surface area contributed by atoms with Gasteiger partial charge in [0.1, 0.15) is 0 Å². The van der Waals surface area contributed by atoms with E-state index in [1.165, 1.54) is 24.8 Å². The van der Waals surface area contributed by atoms with Crippen molar-refractivity contribution in [3.8, 4) is 0 Å². The summed E-state index contributed by atoms with van der Waals surface area (Å²) >= 11 is 0. The molecule has 0 aromatic carbocycles. The average Bonchev–Trinajstić information content (AvgIpc) is 2.79. The quantitative estimate of drug-likeness (QED) is 0.884. The van der Waals surface area contributed by atoms with Crippen LogP contribution in [0.4, 0.5) is 0 Å². The second-order valence-electron chi connectivity index (χ2n) is 5.35. The lowest BCUT2D eigenvalue weighted by molar-refractivity contribution is 0.428. The number of rotatable bonds is 4. The lowest BCUT2D eigenvalue weighted by atomic mass is 9.91. The van der Waals surface area contributed by atoms with Crippen LogP contribution in [0.15, 0.2) is 17.8 Å². The third-order valence-corrected chi connectivity index (χ3v) is 3.89. The minimum absolute atomic E-state index is 0.353. The van der Waals surface area contributed by atoms with Gasteiger partial charge in [0.2, 0.25) is 0 Å². The molecule has 1 aromatic rings. The van der Waals surface area contributed by atoms with Gasteiger partial charge < -0.3 is 5.73 Å². The Bertz CT molecular complexity index is 402. The summed E-state index contributed by atoms with van der Waals surface area (Å²) in [5.41, 5.74) is 8.56. The molecule has 0 radical (unpaired) electrons. The minimum atomic E-state index is 0.353. The van der Waals surface area contributed by atoms with Gasteiger partial charge in [0.15, 0.2) is 0 Å². The molecule has 100 valence electrons. The first kappa shape index (κ1) is 13.3. The first-order valence-corrected chi connectivity index (χ1v) is 7.23. The fourth-order valence-corrected chi connectivity index (χ4v) is 2.77. The number of hydrogen-bond acceptors (Lipinski definition) is 2. The zero-order valence-electron chi connectivity index (χ0n) is 11.6. The topological polar surface area (TPSA) is 43.8 Å². The van der Waals surface area contributed by atoms with Crippen LogP contribution in [0.2, 0.25) is 0 Å². The predicted octanol–water partition coefficient (Wildman–Crippen LogP) is 3.53. The van der Waals surface area contributed by atoms with Gasteiger partial charge in [-0.15, -0.1) is 0 Å². The van der Waals surface area contributed by atoms with Crippen LogP contribution < -0.4 is 5.73 Å². The molecule has 18 heavy (non-hydrogen) atoms. The highest BCUT2D eigenvalue weighted by Gasteiger charge is 2.13. The molecule has 2 N–H and O–H groups in total. The molecule has 0 aliphatic heterocycles. The Labute approximate surface area is 110 Å². The van der Waals surface area contributed by atoms with Crippen LogP contribution in [0.3, 0.4) is 0 Å². The first-order chi connectivity index (χ1) is 8.72.